The van der Waals surface area contributed by atoms with Crippen molar-refractivity contribution in [2.24, 2.45) is 0 Å². The lowest BCUT2D eigenvalue weighted by Gasteiger charge is -2.25. The van der Waals surface area contributed by atoms with Crippen molar-refractivity contribution in [1.29, 1.82) is 0 Å². The second-order valence-electron chi connectivity index (χ2n) is 4.86. The molecular weight excluding hydrogens is 317 g/mol. The molecule has 0 saturated heterocycles. The van der Waals surface area contributed by atoms with E-state index in [0.717, 1.165) is 31.5 Å². The van der Waals surface area contributed by atoms with Crippen LogP contribution in [0.25, 0.3) is 0 Å². The maximum absolute atomic E-state index is 13.3. The molecule has 1 nitrogen and oxygen atoms in total. The van der Waals surface area contributed by atoms with E-state index in [2.05, 4.69) is 52.0 Å². The van der Waals surface area contributed by atoms with Gasteiger partial charge < -0.3 is 4.90 Å². The Bertz CT molecular complexity index is 542. The summed E-state index contributed by atoms with van der Waals surface area (Å²) in [5.74, 6) is -0.214. The molecule has 0 aliphatic rings. The number of hydrogen-bond acceptors (Lipinski definition) is 1. The van der Waals surface area contributed by atoms with Crippen LogP contribution in [0, 0.1) is 5.82 Å². The first-order valence-corrected chi connectivity index (χ1v) is 7.74. The molecule has 106 valence electrons. The number of rotatable bonds is 6. The van der Waals surface area contributed by atoms with Crippen LogP contribution in [0.1, 0.15) is 25.3 Å². The highest BCUT2D eigenvalue weighted by molar-refractivity contribution is 9.10. The fourth-order valence-electron chi connectivity index (χ4n) is 2.15. The fourth-order valence-corrected chi connectivity index (χ4v) is 2.57. The number of anilines is 1. The van der Waals surface area contributed by atoms with Gasteiger partial charge >= 0.3 is 0 Å². The number of benzene rings is 2. The number of nitrogens with zero attached hydrogens (tertiary/aromatic N) is 1. The molecule has 0 heterocycles. The predicted octanol–water partition coefficient (Wildman–Crippen LogP) is 5.39. The lowest BCUT2D eigenvalue weighted by Crippen LogP contribution is -2.23. The first-order chi connectivity index (χ1) is 9.70. The summed E-state index contributed by atoms with van der Waals surface area (Å²) in [4.78, 5) is 2.34. The molecule has 0 N–H and O–H groups in total. The van der Waals surface area contributed by atoms with Crippen LogP contribution in [0.15, 0.2) is 53.0 Å². The third-order valence-electron chi connectivity index (χ3n) is 3.26. The van der Waals surface area contributed by atoms with Crippen LogP contribution in [0.3, 0.4) is 0 Å². The molecule has 2 aromatic carbocycles. The van der Waals surface area contributed by atoms with Gasteiger partial charge in [0.2, 0.25) is 0 Å². The molecule has 0 saturated carbocycles. The Morgan fingerprint density at radius 2 is 1.85 bits per heavy atom. The molecule has 0 amide bonds. The summed E-state index contributed by atoms with van der Waals surface area (Å²) in [5, 5.41) is 0. The largest absolute Gasteiger partial charge is 0.367 e. The summed E-state index contributed by atoms with van der Waals surface area (Å²) in [6.07, 6.45) is 2.31. The summed E-state index contributed by atoms with van der Waals surface area (Å²) >= 11 is 3.25. The lowest BCUT2D eigenvalue weighted by molar-refractivity contribution is 0.619. The van der Waals surface area contributed by atoms with Crippen molar-refractivity contribution < 1.29 is 4.39 Å². The van der Waals surface area contributed by atoms with E-state index >= 15 is 0 Å². The molecule has 3 heteroatoms. The van der Waals surface area contributed by atoms with Gasteiger partial charge in [-0.3, -0.25) is 0 Å². The van der Waals surface area contributed by atoms with Crippen LogP contribution in [-0.2, 0) is 6.54 Å². The monoisotopic (exact) mass is 335 g/mol. The quantitative estimate of drug-likeness (QED) is 0.683. The van der Waals surface area contributed by atoms with E-state index in [-0.39, 0.29) is 5.82 Å². The van der Waals surface area contributed by atoms with Crippen LogP contribution in [0.2, 0.25) is 0 Å². The molecule has 0 spiro atoms. The Balaban J connectivity index is 2.17. The third-order valence-corrected chi connectivity index (χ3v) is 3.87. The number of hydrogen-bond donors (Lipinski definition) is 0. The normalized spacial score (nSPS) is 10.6. The minimum atomic E-state index is -0.214. The topological polar surface area (TPSA) is 3.24 Å². The minimum Gasteiger partial charge on any atom is -0.367 e. The smallest absolute Gasteiger partial charge is 0.137 e. The van der Waals surface area contributed by atoms with Crippen molar-refractivity contribution in [1.82, 2.24) is 0 Å². The van der Waals surface area contributed by atoms with Crippen LogP contribution < -0.4 is 4.90 Å². The Hall–Kier alpha value is -1.35. The van der Waals surface area contributed by atoms with E-state index in [1.54, 1.807) is 0 Å². The molecular formula is C17H19BrFN. The van der Waals surface area contributed by atoms with E-state index in [4.69, 9.17) is 0 Å². The first kappa shape index (κ1) is 15.0. The summed E-state index contributed by atoms with van der Waals surface area (Å²) in [7, 11) is 0. The highest BCUT2D eigenvalue weighted by Gasteiger charge is 2.08. The summed E-state index contributed by atoms with van der Waals surface area (Å²) in [6, 6.07) is 15.6. The maximum atomic E-state index is 13.3. The minimum absolute atomic E-state index is 0.214. The third kappa shape index (κ3) is 4.07. The molecule has 0 aliphatic heterocycles. The second-order valence-corrected chi connectivity index (χ2v) is 5.71. The van der Waals surface area contributed by atoms with Gasteiger partial charge in [-0.05, 0) is 52.2 Å². The predicted molar refractivity (Wildman–Crippen MR) is 86.5 cm³/mol. The van der Waals surface area contributed by atoms with Crippen molar-refractivity contribution in [3.05, 3.63) is 64.4 Å². The van der Waals surface area contributed by atoms with Crippen molar-refractivity contribution in [3.63, 3.8) is 0 Å². The van der Waals surface area contributed by atoms with Crippen LogP contribution in [0.5, 0.6) is 0 Å². The number of halogens is 2. The Morgan fingerprint density at radius 1 is 1.10 bits per heavy atom. The summed E-state index contributed by atoms with van der Waals surface area (Å²) in [5.41, 5.74) is 2.32. The molecule has 0 bridgehead atoms. The van der Waals surface area contributed by atoms with Gasteiger partial charge in [-0.1, -0.05) is 37.6 Å². The van der Waals surface area contributed by atoms with Crippen LogP contribution in [-0.4, -0.2) is 6.54 Å². The van der Waals surface area contributed by atoms with Crippen LogP contribution in [0.4, 0.5) is 10.1 Å². The van der Waals surface area contributed by atoms with Gasteiger partial charge in [-0.25, -0.2) is 4.39 Å². The molecule has 2 aromatic rings. The van der Waals surface area contributed by atoms with Gasteiger partial charge in [0.15, 0.2) is 0 Å². The van der Waals surface area contributed by atoms with E-state index in [0.29, 0.717) is 4.47 Å². The van der Waals surface area contributed by atoms with E-state index in [9.17, 15) is 4.39 Å². The highest BCUT2D eigenvalue weighted by atomic mass is 79.9. The van der Waals surface area contributed by atoms with Crippen molar-refractivity contribution in [2.45, 2.75) is 26.3 Å². The van der Waals surface area contributed by atoms with Gasteiger partial charge in [-0.15, -0.1) is 0 Å². The summed E-state index contributed by atoms with van der Waals surface area (Å²) < 4.78 is 13.8. The van der Waals surface area contributed by atoms with Gasteiger partial charge in [0.05, 0.1) is 4.47 Å². The van der Waals surface area contributed by atoms with Gasteiger partial charge in [0.1, 0.15) is 5.82 Å². The highest BCUT2D eigenvalue weighted by Crippen LogP contribution is 2.21. The standard InChI is InChI=1S/C17H19BrFN/c1-2-3-11-20(15-7-5-4-6-8-15)13-14-9-10-17(19)16(18)12-14/h4-10,12H,2-3,11,13H2,1H3. The molecule has 0 unspecified atom stereocenters. The maximum Gasteiger partial charge on any atom is 0.137 e. The molecule has 0 atom stereocenters. The Morgan fingerprint density at radius 3 is 2.50 bits per heavy atom. The molecule has 0 fully saturated rings. The SMILES string of the molecule is CCCCN(Cc1ccc(F)c(Br)c1)c1ccccc1. The van der Waals surface area contributed by atoms with Gasteiger partial charge in [0, 0.05) is 18.8 Å². The molecule has 0 aromatic heterocycles. The zero-order chi connectivity index (χ0) is 14.4. The van der Waals surface area contributed by atoms with Crippen LogP contribution >= 0.6 is 15.9 Å². The Labute approximate surface area is 128 Å². The van der Waals surface area contributed by atoms with Crippen molar-refractivity contribution >= 4 is 21.6 Å². The Kier molecular flexibility index (Phi) is 5.60. The second kappa shape index (κ2) is 7.44. The average Bonchev–Trinajstić information content (AvgIpc) is 2.48. The van der Waals surface area contributed by atoms with Crippen molar-refractivity contribution in [3.8, 4) is 0 Å². The van der Waals surface area contributed by atoms with E-state index in [1.165, 1.54) is 11.8 Å². The zero-order valence-corrected chi connectivity index (χ0v) is 13.2. The lowest BCUT2D eigenvalue weighted by atomic mass is 10.1. The number of para-hydroxylation sites is 1. The fraction of sp³-hybridized carbons (Fsp3) is 0.294. The van der Waals surface area contributed by atoms with E-state index in [1.807, 2.05) is 18.2 Å². The van der Waals surface area contributed by atoms with E-state index < -0.39 is 0 Å². The zero-order valence-electron chi connectivity index (χ0n) is 11.7. The molecule has 0 radical (unpaired) electrons. The van der Waals surface area contributed by atoms with Crippen molar-refractivity contribution in [2.75, 3.05) is 11.4 Å². The molecule has 0 aliphatic carbocycles. The molecule has 20 heavy (non-hydrogen) atoms. The van der Waals surface area contributed by atoms with Gasteiger partial charge in [-0.2, -0.15) is 0 Å². The van der Waals surface area contributed by atoms with Gasteiger partial charge in [0.25, 0.3) is 0 Å². The number of unbranched alkanes of at least 4 members (excludes halogenated alkanes) is 1. The summed E-state index contributed by atoms with van der Waals surface area (Å²) in [6.45, 7) is 4.00. The average molecular weight is 336 g/mol. The first-order valence-electron chi connectivity index (χ1n) is 6.94. The molecule has 2 rings (SSSR count).